The summed E-state index contributed by atoms with van der Waals surface area (Å²) < 4.78 is 0. The lowest BCUT2D eigenvalue weighted by Crippen LogP contribution is -2.19. The van der Waals surface area contributed by atoms with Crippen LogP contribution in [-0.4, -0.2) is 21.2 Å². The van der Waals surface area contributed by atoms with Crippen LogP contribution in [0.3, 0.4) is 0 Å². The van der Waals surface area contributed by atoms with E-state index < -0.39 is 0 Å². The summed E-state index contributed by atoms with van der Waals surface area (Å²) in [5.74, 6) is 0. The van der Waals surface area contributed by atoms with Crippen LogP contribution < -0.4 is 10.6 Å². The zero-order chi connectivity index (χ0) is 23.0. The van der Waals surface area contributed by atoms with Gasteiger partial charge in [0.2, 0.25) is 0 Å². The van der Waals surface area contributed by atoms with Gasteiger partial charge in [0.25, 0.3) is 0 Å². The van der Waals surface area contributed by atoms with E-state index in [2.05, 4.69) is 47.7 Å². The van der Waals surface area contributed by atoms with Crippen LogP contribution in [0.15, 0.2) is 79.0 Å². The van der Waals surface area contributed by atoms with Gasteiger partial charge < -0.3 is 10.6 Å². The number of H-pyrrole nitrogens is 1. The predicted octanol–water partition coefficient (Wildman–Crippen LogP) is 6.72. The predicted molar refractivity (Wildman–Crippen MR) is 135 cm³/mol. The fraction of sp³-hybridized carbons (Fsp3) is 0.148. The Kier molecular flexibility index (Phi) is 5.05. The maximum atomic E-state index is 12.5. The molecule has 5 rings (SSSR count). The van der Waals surface area contributed by atoms with Crippen molar-refractivity contribution in [3.8, 4) is 11.1 Å². The highest BCUT2D eigenvalue weighted by Gasteiger charge is 2.19. The first-order valence-electron chi connectivity index (χ1n) is 10.9. The van der Waals surface area contributed by atoms with Crippen molar-refractivity contribution in [2.75, 3.05) is 10.6 Å². The lowest BCUT2D eigenvalue weighted by Gasteiger charge is -2.19. The number of urea groups is 1. The van der Waals surface area contributed by atoms with Crippen LogP contribution in [0.2, 0.25) is 0 Å². The molecule has 164 valence electrons. The van der Waals surface area contributed by atoms with Crippen LogP contribution in [0, 0.1) is 0 Å². The third-order valence-corrected chi connectivity index (χ3v) is 5.65. The lowest BCUT2D eigenvalue weighted by atomic mass is 9.89. The third kappa shape index (κ3) is 4.28. The lowest BCUT2D eigenvalue weighted by molar-refractivity contribution is 0.262. The first-order valence-corrected chi connectivity index (χ1v) is 10.9. The number of hydrogen-bond acceptors (Lipinski definition) is 3. The molecule has 0 radical (unpaired) electrons. The molecule has 33 heavy (non-hydrogen) atoms. The van der Waals surface area contributed by atoms with Crippen LogP contribution >= 0.6 is 0 Å². The quantitative estimate of drug-likeness (QED) is 0.294. The Hall–Kier alpha value is -4.19. The van der Waals surface area contributed by atoms with Crippen molar-refractivity contribution in [3.05, 3.63) is 84.7 Å². The Balaban J connectivity index is 1.35. The summed E-state index contributed by atoms with van der Waals surface area (Å²) in [6.45, 7) is 6.42. The number of aromatic nitrogens is 3. The number of hydrogen-bond donors (Lipinski definition) is 3. The molecule has 6 nitrogen and oxygen atoms in total. The van der Waals surface area contributed by atoms with Crippen molar-refractivity contribution in [1.29, 1.82) is 0 Å². The number of carbonyl (C=O) groups excluding carboxylic acids is 1. The van der Waals surface area contributed by atoms with Gasteiger partial charge in [-0.25, -0.2) is 9.78 Å². The second kappa shape index (κ2) is 8.06. The second-order valence-corrected chi connectivity index (χ2v) is 9.16. The van der Waals surface area contributed by atoms with E-state index >= 15 is 0 Å². The molecule has 0 fully saturated rings. The molecular formula is C27H25N5O. The second-order valence-electron chi connectivity index (χ2n) is 9.16. The molecule has 0 saturated carbocycles. The first-order chi connectivity index (χ1) is 15.9. The fourth-order valence-corrected chi connectivity index (χ4v) is 3.85. The minimum atomic E-state index is -0.283. The number of nitrogens with zero attached hydrogens (tertiary/aromatic N) is 2. The fourth-order valence-electron chi connectivity index (χ4n) is 3.85. The minimum absolute atomic E-state index is 0.0869. The molecule has 0 aliphatic rings. The zero-order valence-corrected chi connectivity index (χ0v) is 18.8. The number of amides is 2. The number of aromatic amines is 1. The monoisotopic (exact) mass is 435 g/mol. The zero-order valence-electron chi connectivity index (χ0n) is 18.8. The topological polar surface area (TPSA) is 82.7 Å². The van der Waals surface area contributed by atoms with E-state index in [1.165, 1.54) is 0 Å². The third-order valence-electron chi connectivity index (χ3n) is 5.65. The largest absolute Gasteiger partial charge is 0.323 e. The van der Waals surface area contributed by atoms with Gasteiger partial charge in [-0.2, -0.15) is 5.10 Å². The summed E-state index contributed by atoms with van der Waals surface area (Å²) in [5.41, 5.74) is 5.24. The van der Waals surface area contributed by atoms with Gasteiger partial charge in [-0.1, -0.05) is 63.2 Å². The average molecular weight is 436 g/mol. The Morgan fingerprint density at radius 1 is 0.848 bits per heavy atom. The Bertz CT molecular complexity index is 1460. The summed E-state index contributed by atoms with van der Waals surface area (Å²) in [5, 5.41) is 16.2. The average Bonchev–Trinajstić information content (AvgIpc) is 3.27. The highest BCUT2D eigenvalue weighted by molar-refractivity contribution is 6.01. The maximum absolute atomic E-state index is 12.5. The van der Waals surface area contributed by atoms with Gasteiger partial charge in [0.05, 0.1) is 6.20 Å². The van der Waals surface area contributed by atoms with Crippen LogP contribution in [0.4, 0.5) is 16.2 Å². The molecule has 3 aromatic carbocycles. The van der Waals surface area contributed by atoms with Crippen LogP contribution in [0.5, 0.6) is 0 Å². The number of anilines is 2. The van der Waals surface area contributed by atoms with E-state index in [1.807, 2.05) is 66.7 Å². The highest BCUT2D eigenvalue weighted by atomic mass is 16.2. The van der Waals surface area contributed by atoms with E-state index in [0.717, 1.165) is 44.3 Å². The smallest absolute Gasteiger partial charge is 0.308 e. The standard InChI is InChI=1S/C27H25N5O/c1-27(2,3)24-15-22(23-16-28-32-25(23)31-24)18-9-11-20(12-10-18)29-26(33)30-21-13-8-17-6-4-5-7-19(17)14-21/h4-16H,1-3H3,(H,28,31,32)(H2,29,30,33). The number of pyridine rings is 1. The van der Waals surface area contributed by atoms with E-state index in [-0.39, 0.29) is 11.4 Å². The molecule has 2 amide bonds. The Morgan fingerprint density at radius 2 is 1.55 bits per heavy atom. The number of nitrogens with one attached hydrogen (secondary N) is 3. The van der Waals surface area contributed by atoms with Crippen molar-refractivity contribution >= 4 is 39.2 Å². The minimum Gasteiger partial charge on any atom is -0.308 e. The Morgan fingerprint density at radius 3 is 2.30 bits per heavy atom. The van der Waals surface area contributed by atoms with Gasteiger partial charge in [-0.3, -0.25) is 5.10 Å². The Labute approximate surface area is 192 Å². The molecule has 2 heterocycles. The number of carbonyl (C=O) groups is 1. The number of fused-ring (bicyclic) bond motifs is 2. The maximum Gasteiger partial charge on any atom is 0.323 e. The van der Waals surface area contributed by atoms with Crippen molar-refractivity contribution in [3.63, 3.8) is 0 Å². The molecule has 0 atom stereocenters. The van der Waals surface area contributed by atoms with Gasteiger partial charge in [0, 0.05) is 27.9 Å². The summed E-state index contributed by atoms with van der Waals surface area (Å²) in [7, 11) is 0. The van der Waals surface area contributed by atoms with Crippen LogP contribution in [0.1, 0.15) is 26.5 Å². The van der Waals surface area contributed by atoms with E-state index in [1.54, 1.807) is 6.20 Å². The number of benzene rings is 3. The molecule has 0 spiro atoms. The summed E-state index contributed by atoms with van der Waals surface area (Å²) in [6, 6.07) is 23.6. The van der Waals surface area contributed by atoms with Crippen LogP contribution in [0.25, 0.3) is 32.9 Å². The molecule has 6 heteroatoms. The molecule has 0 unspecified atom stereocenters. The molecule has 0 bridgehead atoms. The molecule has 2 aromatic heterocycles. The number of rotatable bonds is 3. The molecule has 5 aromatic rings. The summed E-state index contributed by atoms with van der Waals surface area (Å²) in [4.78, 5) is 17.3. The highest BCUT2D eigenvalue weighted by Crippen LogP contribution is 2.32. The first kappa shape index (κ1) is 20.7. The summed E-state index contributed by atoms with van der Waals surface area (Å²) in [6.07, 6.45) is 1.80. The van der Waals surface area contributed by atoms with Crippen molar-refractivity contribution in [1.82, 2.24) is 15.2 Å². The van der Waals surface area contributed by atoms with Crippen molar-refractivity contribution < 1.29 is 4.79 Å². The summed E-state index contributed by atoms with van der Waals surface area (Å²) >= 11 is 0. The molecule has 0 aliphatic heterocycles. The van der Waals surface area contributed by atoms with E-state index in [4.69, 9.17) is 4.98 Å². The normalized spacial score (nSPS) is 11.6. The van der Waals surface area contributed by atoms with E-state index in [0.29, 0.717) is 5.69 Å². The van der Waals surface area contributed by atoms with Gasteiger partial charge >= 0.3 is 6.03 Å². The van der Waals surface area contributed by atoms with Gasteiger partial charge in [-0.15, -0.1) is 0 Å². The molecule has 0 saturated heterocycles. The van der Waals surface area contributed by atoms with Crippen molar-refractivity contribution in [2.45, 2.75) is 26.2 Å². The molecule has 0 aliphatic carbocycles. The van der Waals surface area contributed by atoms with Gasteiger partial charge in [0.1, 0.15) is 0 Å². The van der Waals surface area contributed by atoms with Crippen LogP contribution in [-0.2, 0) is 5.41 Å². The van der Waals surface area contributed by atoms with E-state index in [9.17, 15) is 4.79 Å². The SMILES string of the molecule is CC(C)(C)c1cc(-c2ccc(NC(=O)Nc3ccc4ccccc4c3)cc2)c2cn[nH]c2n1. The molecular weight excluding hydrogens is 410 g/mol. The molecule has 3 N–H and O–H groups in total. The van der Waals surface area contributed by atoms with Gasteiger partial charge in [0.15, 0.2) is 5.65 Å². The van der Waals surface area contributed by atoms with Gasteiger partial charge in [-0.05, 0) is 52.2 Å². The van der Waals surface area contributed by atoms with Crippen molar-refractivity contribution in [2.24, 2.45) is 0 Å².